The molecule has 0 saturated heterocycles. The molecular formula is C9H8BrN3O2. The highest BCUT2D eigenvalue weighted by molar-refractivity contribution is 9.10. The number of halogens is 1. The van der Waals surface area contributed by atoms with Gasteiger partial charge in [-0.3, -0.25) is 0 Å². The molecule has 0 amide bonds. The van der Waals surface area contributed by atoms with Crippen molar-refractivity contribution in [3.8, 4) is 0 Å². The van der Waals surface area contributed by atoms with E-state index in [-0.39, 0.29) is 5.56 Å². The lowest BCUT2D eigenvalue weighted by Gasteiger charge is -1.94. The predicted octanol–water partition coefficient (Wildman–Crippen LogP) is 1.75. The average Bonchev–Trinajstić information content (AvgIpc) is 2.55. The molecule has 2 aromatic heterocycles. The first-order valence-corrected chi connectivity index (χ1v) is 5.18. The van der Waals surface area contributed by atoms with Crippen LogP contribution in [0.25, 0.3) is 5.65 Å². The summed E-state index contributed by atoms with van der Waals surface area (Å²) in [7, 11) is 0. The van der Waals surface area contributed by atoms with Crippen LogP contribution in [0.2, 0.25) is 0 Å². The lowest BCUT2D eigenvalue weighted by molar-refractivity contribution is 0.0695. The summed E-state index contributed by atoms with van der Waals surface area (Å²) in [6.45, 7) is 1.98. The molecule has 0 aliphatic heterocycles. The standard InChI is InChI=1S/C9H8BrN3O2/c1-2-6-7(10)8-11-3-5(9(14)15)4-13(8)12-6/h3-4H,2H2,1H3,(H,14,15). The lowest BCUT2D eigenvalue weighted by Crippen LogP contribution is -2.01. The molecule has 0 fully saturated rings. The van der Waals surface area contributed by atoms with Gasteiger partial charge in [0.1, 0.15) is 0 Å². The Morgan fingerprint density at radius 3 is 3.00 bits per heavy atom. The highest BCUT2D eigenvalue weighted by atomic mass is 79.9. The molecule has 2 rings (SSSR count). The van der Waals surface area contributed by atoms with E-state index in [2.05, 4.69) is 26.0 Å². The lowest BCUT2D eigenvalue weighted by atomic mass is 10.3. The van der Waals surface area contributed by atoms with Gasteiger partial charge in [0.15, 0.2) is 5.65 Å². The average molecular weight is 270 g/mol. The van der Waals surface area contributed by atoms with Crippen LogP contribution in [-0.4, -0.2) is 25.7 Å². The largest absolute Gasteiger partial charge is 0.478 e. The topological polar surface area (TPSA) is 67.5 Å². The summed E-state index contributed by atoms with van der Waals surface area (Å²) in [4.78, 5) is 14.8. The molecule has 15 heavy (non-hydrogen) atoms. The second kappa shape index (κ2) is 3.62. The molecule has 5 nitrogen and oxygen atoms in total. The number of carbonyl (C=O) groups is 1. The van der Waals surface area contributed by atoms with Crippen LogP contribution >= 0.6 is 15.9 Å². The molecule has 1 N–H and O–H groups in total. The zero-order valence-electron chi connectivity index (χ0n) is 7.94. The molecule has 0 saturated carbocycles. The van der Waals surface area contributed by atoms with Crippen LogP contribution in [0.15, 0.2) is 16.9 Å². The van der Waals surface area contributed by atoms with Gasteiger partial charge in [0.2, 0.25) is 0 Å². The zero-order valence-corrected chi connectivity index (χ0v) is 9.52. The third kappa shape index (κ3) is 1.61. The van der Waals surface area contributed by atoms with Gasteiger partial charge < -0.3 is 5.11 Å². The maximum atomic E-state index is 10.7. The second-order valence-electron chi connectivity index (χ2n) is 3.03. The van der Waals surface area contributed by atoms with Gasteiger partial charge in [0.05, 0.1) is 15.7 Å². The first kappa shape index (κ1) is 10.1. The molecule has 0 aliphatic carbocycles. The van der Waals surface area contributed by atoms with E-state index in [9.17, 15) is 4.79 Å². The van der Waals surface area contributed by atoms with Crippen molar-refractivity contribution in [3.63, 3.8) is 0 Å². The number of aryl methyl sites for hydroxylation is 1. The van der Waals surface area contributed by atoms with Crippen molar-refractivity contribution in [1.82, 2.24) is 14.6 Å². The quantitative estimate of drug-likeness (QED) is 0.902. The Morgan fingerprint density at radius 1 is 1.67 bits per heavy atom. The molecule has 0 bridgehead atoms. The molecular weight excluding hydrogens is 262 g/mol. The van der Waals surface area contributed by atoms with E-state index >= 15 is 0 Å². The van der Waals surface area contributed by atoms with Crippen molar-refractivity contribution in [1.29, 1.82) is 0 Å². The third-order valence-electron chi connectivity index (χ3n) is 2.06. The Balaban J connectivity index is 2.68. The summed E-state index contributed by atoms with van der Waals surface area (Å²) in [6.07, 6.45) is 3.55. The van der Waals surface area contributed by atoms with Crippen molar-refractivity contribution in [2.75, 3.05) is 0 Å². The monoisotopic (exact) mass is 269 g/mol. The second-order valence-corrected chi connectivity index (χ2v) is 3.82. The van der Waals surface area contributed by atoms with Gasteiger partial charge in [0, 0.05) is 12.4 Å². The van der Waals surface area contributed by atoms with E-state index in [0.717, 1.165) is 16.6 Å². The molecule has 2 heterocycles. The maximum absolute atomic E-state index is 10.7. The van der Waals surface area contributed by atoms with Crippen molar-refractivity contribution in [2.45, 2.75) is 13.3 Å². The van der Waals surface area contributed by atoms with Gasteiger partial charge in [-0.1, -0.05) is 6.92 Å². The smallest absolute Gasteiger partial charge is 0.338 e. The predicted molar refractivity (Wildman–Crippen MR) is 57.0 cm³/mol. The Hall–Kier alpha value is -1.43. The maximum Gasteiger partial charge on any atom is 0.338 e. The summed E-state index contributed by atoms with van der Waals surface area (Å²) in [5, 5.41) is 13.0. The van der Waals surface area contributed by atoms with Crippen LogP contribution in [0.3, 0.4) is 0 Å². The van der Waals surface area contributed by atoms with Gasteiger partial charge in [-0.15, -0.1) is 0 Å². The number of rotatable bonds is 2. The Kier molecular flexibility index (Phi) is 2.44. The van der Waals surface area contributed by atoms with Crippen LogP contribution < -0.4 is 0 Å². The van der Waals surface area contributed by atoms with Crippen molar-refractivity contribution in [2.24, 2.45) is 0 Å². The highest BCUT2D eigenvalue weighted by Crippen LogP contribution is 2.21. The van der Waals surface area contributed by atoms with E-state index in [1.165, 1.54) is 16.9 Å². The van der Waals surface area contributed by atoms with Gasteiger partial charge in [-0.25, -0.2) is 14.3 Å². The number of aromatic carboxylic acids is 1. The molecule has 2 aromatic rings. The van der Waals surface area contributed by atoms with Crippen LogP contribution in [0.1, 0.15) is 23.0 Å². The molecule has 78 valence electrons. The van der Waals surface area contributed by atoms with E-state index < -0.39 is 5.97 Å². The van der Waals surface area contributed by atoms with E-state index in [1.807, 2.05) is 6.92 Å². The third-order valence-corrected chi connectivity index (χ3v) is 2.88. The first-order valence-electron chi connectivity index (χ1n) is 4.39. The van der Waals surface area contributed by atoms with Crippen LogP contribution in [0.5, 0.6) is 0 Å². The van der Waals surface area contributed by atoms with Crippen molar-refractivity contribution in [3.05, 3.63) is 28.1 Å². The van der Waals surface area contributed by atoms with Gasteiger partial charge in [-0.05, 0) is 22.4 Å². The minimum atomic E-state index is -1.01. The SMILES string of the molecule is CCc1nn2cc(C(=O)O)cnc2c1Br. The van der Waals surface area contributed by atoms with Gasteiger partial charge >= 0.3 is 5.97 Å². The summed E-state index contributed by atoms with van der Waals surface area (Å²) in [5.74, 6) is -1.01. The van der Waals surface area contributed by atoms with Gasteiger partial charge in [-0.2, -0.15) is 5.10 Å². The van der Waals surface area contributed by atoms with Crippen molar-refractivity contribution < 1.29 is 9.90 Å². The highest BCUT2D eigenvalue weighted by Gasteiger charge is 2.12. The van der Waals surface area contributed by atoms with E-state index in [4.69, 9.17) is 5.11 Å². The van der Waals surface area contributed by atoms with Gasteiger partial charge in [0.25, 0.3) is 0 Å². The summed E-state index contributed by atoms with van der Waals surface area (Å²) in [5.41, 5.74) is 1.63. The minimum Gasteiger partial charge on any atom is -0.478 e. The number of nitrogens with zero attached hydrogens (tertiary/aromatic N) is 3. The normalized spacial score (nSPS) is 10.8. The minimum absolute atomic E-state index is 0.125. The number of fused-ring (bicyclic) bond motifs is 1. The van der Waals surface area contributed by atoms with Crippen LogP contribution in [0, 0.1) is 0 Å². The Morgan fingerprint density at radius 2 is 2.40 bits per heavy atom. The van der Waals surface area contributed by atoms with Crippen LogP contribution in [-0.2, 0) is 6.42 Å². The molecule has 0 unspecified atom stereocenters. The summed E-state index contributed by atoms with van der Waals surface area (Å²) in [6, 6.07) is 0. The Labute approximate surface area is 93.9 Å². The fourth-order valence-electron chi connectivity index (χ4n) is 1.29. The molecule has 0 aliphatic rings. The van der Waals surface area contributed by atoms with E-state index in [1.54, 1.807) is 0 Å². The number of hydrogen-bond acceptors (Lipinski definition) is 3. The van der Waals surface area contributed by atoms with Crippen molar-refractivity contribution >= 4 is 27.5 Å². The number of carboxylic acids is 1. The number of aromatic nitrogens is 3. The molecule has 0 spiro atoms. The zero-order chi connectivity index (χ0) is 11.0. The summed E-state index contributed by atoms with van der Waals surface area (Å²) >= 11 is 3.38. The van der Waals surface area contributed by atoms with E-state index in [0.29, 0.717) is 5.65 Å². The molecule has 0 radical (unpaired) electrons. The number of hydrogen-bond donors (Lipinski definition) is 1. The summed E-state index contributed by atoms with van der Waals surface area (Å²) < 4.78 is 2.30. The fraction of sp³-hybridized carbons (Fsp3) is 0.222. The number of carboxylic acid groups (broad SMARTS) is 1. The molecule has 0 atom stereocenters. The molecule has 6 heteroatoms. The fourth-order valence-corrected chi connectivity index (χ4v) is 1.93. The van der Waals surface area contributed by atoms with Crippen LogP contribution in [0.4, 0.5) is 0 Å². The molecule has 0 aromatic carbocycles. The first-order chi connectivity index (χ1) is 7.13. The Bertz CT molecular complexity index is 535.